The molecule has 0 amide bonds. The molecule has 0 radical (unpaired) electrons. The summed E-state index contributed by atoms with van der Waals surface area (Å²) < 4.78 is 0. The Balaban J connectivity index is 0.879. The third kappa shape index (κ3) is 6.68. The Hall–Kier alpha value is -7.10. The second kappa shape index (κ2) is 16.5. The molecule has 0 N–H and O–H groups in total. The first-order valence-electron chi connectivity index (χ1n) is 24.9. The van der Waals surface area contributed by atoms with E-state index in [1.807, 2.05) is 23.5 Å². The molecule has 10 aromatic rings. The summed E-state index contributed by atoms with van der Waals surface area (Å²) >= 11 is 3.81. The fourth-order valence-corrected chi connectivity index (χ4v) is 14.9. The van der Waals surface area contributed by atoms with Crippen LogP contribution < -0.4 is 0 Å². The van der Waals surface area contributed by atoms with E-state index in [0.29, 0.717) is 0 Å². The van der Waals surface area contributed by atoms with Crippen molar-refractivity contribution in [2.24, 2.45) is 0 Å². The minimum Gasteiger partial charge on any atom is -0.0877 e. The van der Waals surface area contributed by atoms with Crippen LogP contribution in [-0.2, 0) is 11.8 Å². The minimum absolute atomic E-state index is 0.0750. The largest absolute Gasteiger partial charge is 0.0877 e. The lowest BCUT2D eigenvalue weighted by molar-refractivity contribution is 0.653. The molecule has 0 saturated heterocycles. The number of hydrogen-bond donors (Lipinski definition) is 0. The second-order valence-electron chi connectivity index (χ2n) is 20.2. The molecule has 1 heterocycles. The van der Waals surface area contributed by atoms with E-state index in [4.69, 9.17) is 0 Å². The standard InChI is InChI=1S/C68H50S2/c1-68(2)58-21-11-10-16-52(58)53-38-34-48(40-59(53)68)50(46-30-28-45(29-31-46)44-26-24-43(25-27-44)42-14-4-3-5-15-42)36-32-47-33-37-51(49-35-39-62-63(41-49)70-61-23-13-12-22-60(61)69-62)67-64(47)65-54-17-6-8-19-56(54)66(67)57-20-9-7-18-55(57)65/h3-31,33-35,37-41,50,65-66H,32,36H2,1-2H3. The van der Waals surface area contributed by atoms with Crippen molar-refractivity contribution in [1.29, 1.82) is 0 Å². The van der Waals surface area contributed by atoms with Crippen molar-refractivity contribution in [1.82, 2.24) is 0 Å². The Morgan fingerprint density at radius 1 is 0.371 bits per heavy atom. The lowest BCUT2D eigenvalue weighted by atomic mass is 9.58. The van der Waals surface area contributed by atoms with E-state index < -0.39 is 0 Å². The molecule has 0 fully saturated rings. The predicted molar refractivity (Wildman–Crippen MR) is 293 cm³/mol. The average Bonchev–Trinajstić information content (AvgIpc) is 3.65. The first kappa shape index (κ1) is 41.8. The van der Waals surface area contributed by atoms with Gasteiger partial charge in [0, 0.05) is 42.8 Å². The van der Waals surface area contributed by atoms with Crippen LogP contribution in [0.25, 0.3) is 44.5 Å². The smallest absolute Gasteiger partial charge is 0.0355 e. The molecule has 0 aromatic heterocycles. The normalized spacial score (nSPS) is 16.5. The topological polar surface area (TPSA) is 0 Å². The molecule has 1 unspecified atom stereocenters. The third-order valence-electron chi connectivity index (χ3n) is 16.1. The zero-order chi connectivity index (χ0) is 46.5. The maximum absolute atomic E-state index is 2.56. The van der Waals surface area contributed by atoms with Gasteiger partial charge in [-0.2, -0.15) is 0 Å². The SMILES string of the molecule is CC1(C)c2ccccc2-c2ccc(C(CCc3ccc(-c4ccc5c(c4)Sc4ccccc4S5)c4c3C3c5ccccc5C4c4ccccc43)c3ccc(-c4ccc(-c5ccccc5)cc4)cc3)cc21. The summed E-state index contributed by atoms with van der Waals surface area (Å²) in [5, 5.41) is 0. The van der Waals surface area contributed by atoms with Gasteiger partial charge in [0.1, 0.15) is 0 Å². The number of benzene rings is 10. The number of hydrogen-bond acceptors (Lipinski definition) is 2. The maximum Gasteiger partial charge on any atom is 0.0355 e. The summed E-state index contributed by atoms with van der Waals surface area (Å²) in [6.45, 7) is 4.82. The van der Waals surface area contributed by atoms with Crippen LogP contribution in [0.2, 0.25) is 0 Å². The minimum atomic E-state index is -0.0750. The van der Waals surface area contributed by atoms with Crippen LogP contribution in [-0.4, -0.2) is 0 Å². The number of aryl methyl sites for hydroxylation is 1. The third-order valence-corrected chi connectivity index (χ3v) is 18.6. The second-order valence-corrected chi connectivity index (χ2v) is 22.3. The van der Waals surface area contributed by atoms with Crippen LogP contribution >= 0.6 is 23.5 Å². The van der Waals surface area contributed by atoms with E-state index in [9.17, 15) is 0 Å². The van der Waals surface area contributed by atoms with E-state index in [1.54, 1.807) is 0 Å². The molecule has 0 nitrogen and oxygen atoms in total. The fraction of sp³-hybridized carbons (Fsp3) is 0.118. The van der Waals surface area contributed by atoms with Gasteiger partial charge < -0.3 is 0 Å². The molecule has 4 aliphatic carbocycles. The van der Waals surface area contributed by atoms with E-state index in [0.717, 1.165) is 12.8 Å². The molecular formula is C68H50S2. The molecule has 2 heteroatoms. The Kier molecular flexibility index (Phi) is 9.87. The Morgan fingerprint density at radius 3 is 1.53 bits per heavy atom. The molecule has 334 valence electrons. The van der Waals surface area contributed by atoms with Gasteiger partial charge in [0.25, 0.3) is 0 Å². The van der Waals surface area contributed by atoms with E-state index in [2.05, 4.69) is 238 Å². The molecule has 10 aromatic carbocycles. The van der Waals surface area contributed by atoms with Gasteiger partial charge in [-0.3, -0.25) is 0 Å². The van der Waals surface area contributed by atoms with Gasteiger partial charge >= 0.3 is 0 Å². The summed E-state index contributed by atoms with van der Waals surface area (Å²) in [6, 6.07) is 85.4. The fourth-order valence-electron chi connectivity index (χ4n) is 12.7. The van der Waals surface area contributed by atoms with Crippen molar-refractivity contribution in [2.75, 3.05) is 0 Å². The summed E-state index contributed by atoms with van der Waals surface area (Å²) in [6.07, 6.45) is 1.97. The highest BCUT2D eigenvalue weighted by atomic mass is 32.2. The van der Waals surface area contributed by atoms with Crippen molar-refractivity contribution in [2.45, 2.75) is 69.4 Å². The molecular weight excluding hydrogens is 881 g/mol. The van der Waals surface area contributed by atoms with Gasteiger partial charge in [0.15, 0.2) is 0 Å². The molecule has 0 saturated carbocycles. The predicted octanol–water partition coefficient (Wildman–Crippen LogP) is 18.4. The van der Waals surface area contributed by atoms with Crippen LogP contribution in [0, 0.1) is 0 Å². The summed E-state index contributed by atoms with van der Waals surface area (Å²) in [7, 11) is 0. The molecule has 2 bridgehead atoms. The quantitative estimate of drug-likeness (QED) is 0.149. The Morgan fingerprint density at radius 2 is 0.857 bits per heavy atom. The van der Waals surface area contributed by atoms with E-state index in [1.165, 1.54) is 125 Å². The van der Waals surface area contributed by atoms with Crippen LogP contribution in [0.15, 0.2) is 244 Å². The highest BCUT2D eigenvalue weighted by molar-refractivity contribution is 8.05. The lowest BCUT2D eigenvalue weighted by Crippen LogP contribution is -2.29. The summed E-state index contributed by atoms with van der Waals surface area (Å²) in [4.78, 5) is 5.37. The number of fused-ring (bicyclic) bond motifs is 5. The van der Waals surface area contributed by atoms with E-state index >= 15 is 0 Å². The average molecular weight is 931 g/mol. The Labute approximate surface area is 420 Å². The van der Waals surface area contributed by atoms with Crippen molar-refractivity contribution in [3.05, 3.63) is 286 Å². The van der Waals surface area contributed by atoms with E-state index in [-0.39, 0.29) is 23.2 Å². The van der Waals surface area contributed by atoms with Gasteiger partial charge in [0.2, 0.25) is 0 Å². The van der Waals surface area contributed by atoms with Gasteiger partial charge in [-0.25, -0.2) is 0 Å². The lowest BCUT2D eigenvalue weighted by Gasteiger charge is -2.44. The van der Waals surface area contributed by atoms with Gasteiger partial charge in [-0.05, 0) is 143 Å². The van der Waals surface area contributed by atoms with Crippen molar-refractivity contribution < 1.29 is 0 Å². The van der Waals surface area contributed by atoms with Crippen molar-refractivity contribution in [3.8, 4) is 44.5 Å². The maximum atomic E-state index is 2.56. The Bertz CT molecular complexity index is 3640. The first-order chi connectivity index (χ1) is 34.5. The van der Waals surface area contributed by atoms with Crippen LogP contribution in [0.1, 0.15) is 99.2 Å². The van der Waals surface area contributed by atoms with Crippen LogP contribution in [0.5, 0.6) is 0 Å². The van der Waals surface area contributed by atoms with Gasteiger partial charge in [0.05, 0.1) is 0 Å². The van der Waals surface area contributed by atoms with Crippen molar-refractivity contribution in [3.63, 3.8) is 0 Å². The molecule has 1 atom stereocenters. The van der Waals surface area contributed by atoms with Crippen LogP contribution in [0.4, 0.5) is 0 Å². The van der Waals surface area contributed by atoms with Crippen molar-refractivity contribution >= 4 is 23.5 Å². The monoisotopic (exact) mass is 930 g/mol. The molecule has 0 spiro atoms. The summed E-state index contributed by atoms with van der Waals surface area (Å²) in [5.74, 6) is 0.557. The van der Waals surface area contributed by atoms with Crippen LogP contribution in [0.3, 0.4) is 0 Å². The molecule has 70 heavy (non-hydrogen) atoms. The zero-order valence-corrected chi connectivity index (χ0v) is 41.0. The molecule has 1 aliphatic heterocycles. The highest BCUT2D eigenvalue weighted by Crippen LogP contribution is 2.60. The summed E-state index contributed by atoms with van der Waals surface area (Å²) in [5.41, 5.74) is 26.3. The molecule has 5 aliphatic rings. The zero-order valence-electron chi connectivity index (χ0n) is 39.3. The molecule has 15 rings (SSSR count). The van der Waals surface area contributed by atoms with Gasteiger partial charge in [-0.1, -0.05) is 238 Å². The van der Waals surface area contributed by atoms with Gasteiger partial charge in [-0.15, -0.1) is 0 Å². The highest BCUT2D eigenvalue weighted by Gasteiger charge is 2.44. The first-order valence-corrected chi connectivity index (χ1v) is 26.5. The number of rotatable bonds is 8.